The lowest BCUT2D eigenvalue weighted by Crippen LogP contribution is -2.53. The molecule has 1 saturated heterocycles. The first-order valence-corrected chi connectivity index (χ1v) is 8.86. The summed E-state index contributed by atoms with van der Waals surface area (Å²) < 4.78 is 12.9. The molecule has 0 saturated carbocycles. The number of rotatable bonds is 1. The largest absolute Gasteiger partial charge is 0.391 e. The molecule has 1 aliphatic heterocycles. The van der Waals surface area contributed by atoms with Crippen LogP contribution >= 0.6 is 0 Å². The molecule has 0 aromatic heterocycles. The second-order valence-electron chi connectivity index (χ2n) is 7.44. The monoisotopic (exact) mass is 278 g/mol. The summed E-state index contributed by atoms with van der Waals surface area (Å²) in [6.45, 7) is 14.2. The first-order chi connectivity index (χ1) is 8.67. The summed E-state index contributed by atoms with van der Waals surface area (Å²) in [5.74, 6) is 0. The average molecular weight is 278 g/mol. The van der Waals surface area contributed by atoms with Crippen LogP contribution in [0.2, 0.25) is 10.1 Å². The third-order valence-corrected chi connectivity index (χ3v) is 9.03. The van der Waals surface area contributed by atoms with Crippen LogP contribution in [0.1, 0.15) is 53.2 Å². The fourth-order valence-corrected chi connectivity index (χ4v) is 8.09. The van der Waals surface area contributed by atoms with Gasteiger partial charge in [0.25, 0.3) is 0 Å². The Bertz CT molecular complexity index is 414. The van der Waals surface area contributed by atoms with E-state index in [4.69, 9.17) is 8.85 Å². The van der Waals surface area contributed by atoms with Gasteiger partial charge in [0.2, 0.25) is 0 Å². The van der Waals surface area contributed by atoms with E-state index < -0.39 is 8.56 Å². The van der Waals surface area contributed by atoms with Gasteiger partial charge >= 0.3 is 8.56 Å². The van der Waals surface area contributed by atoms with Crippen molar-refractivity contribution in [3.8, 4) is 0 Å². The lowest BCUT2D eigenvalue weighted by Gasteiger charge is -2.45. The molecule has 1 fully saturated rings. The maximum atomic E-state index is 6.58. The minimum absolute atomic E-state index is 0.0643. The van der Waals surface area contributed by atoms with Crippen LogP contribution in [0.5, 0.6) is 0 Å². The molecule has 1 atom stereocenters. The average Bonchev–Trinajstić information content (AvgIpc) is 2.75. The van der Waals surface area contributed by atoms with Crippen molar-refractivity contribution < 1.29 is 8.85 Å². The SMILES string of the molecule is CC(C)(C)[Si]1(C(C)(C)C)OC[C@H](c2ccccc2)O1. The van der Waals surface area contributed by atoms with E-state index in [2.05, 4.69) is 65.8 Å². The maximum Gasteiger partial charge on any atom is 0.349 e. The topological polar surface area (TPSA) is 18.5 Å². The molecule has 0 amide bonds. The Morgan fingerprint density at radius 1 is 0.947 bits per heavy atom. The molecule has 2 rings (SSSR count). The van der Waals surface area contributed by atoms with E-state index in [1.807, 2.05) is 6.07 Å². The Kier molecular flexibility index (Phi) is 3.67. The van der Waals surface area contributed by atoms with Crippen LogP contribution in [0, 0.1) is 0 Å². The molecule has 1 heterocycles. The van der Waals surface area contributed by atoms with Gasteiger partial charge in [0.15, 0.2) is 0 Å². The lowest BCUT2D eigenvalue weighted by molar-refractivity contribution is 0.209. The Morgan fingerprint density at radius 3 is 1.89 bits per heavy atom. The smallest absolute Gasteiger partial charge is 0.349 e. The van der Waals surface area contributed by atoms with Crippen molar-refractivity contribution in [1.82, 2.24) is 0 Å². The van der Waals surface area contributed by atoms with Crippen LogP contribution in [0.25, 0.3) is 0 Å². The van der Waals surface area contributed by atoms with E-state index in [0.717, 1.165) is 0 Å². The van der Waals surface area contributed by atoms with Gasteiger partial charge in [-0.05, 0) is 5.56 Å². The molecule has 2 nitrogen and oxygen atoms in total. The summed E-state index contributed by atoms with van der Waals surface area (Å²) in [4.78, 5) is 0. The van der Waals surface area contributed by atoms with Crippen molar-refractivity contribution in [1.29, 1.82) is 0 Å². The van der Waals surface area contributed by atoms with Crippen molar-refractivity contribution in [3.63, 3.8) is 0 Å². The Labute approximate surface area is 118 Å². The molecule has 0 spiro atoms. The van der Waals surface area contributed by atoms with E-state index in [9.17, 15) is 0 Å². The first-order valence-electron chi connectivity index (χ1n) is 7.04. The van der Waals surface area contributed by atoms with Gasteiger partial charge in [-0.3, -0.25) is 0 Å². The van der Waals surface area contributed by atoms with Crippen LogP contribution in [0.4, 0.5) is 0 Å². The van der Waals surface area contributed by atoms with Crippen molar-refractivity contribution >= 4 is 8.56 Å². The zero-order valence-corrected chi connectivity index (χ0v) is 14.0. The van der Waals surface area contributed by atoms with Gasteiger partial charge in [0, 0.05) is 10.1 Å². The molecule has 3 heteroatoms. The minimum Gasteiger partial charge on any atom is -0.391 e. The third kappa shape index (κ3) is 2.51. The fraction of sp³-hybridized carbons (Fsp3) is 0.625. The van der Waals surface area contributed by atoms with Crippen LogP contribution in [0.3, 0.4) is 0 Å². The van der Waals surface area contributed by atoms with Crippen LogP contribution in [-0.2, 0) is 8.85 Å². The number of hydrogen-bond acceptors (Lipinski definition) is 2. The van der Waals surface area contributed by atoms with Gasteiger partial charge in [-0.25, -0.2) is 0 Å². The summed E-state index contributed by atoms with van der Waals surface area (Å²) in [5.41, 5.74) is 1.23. The van der Waals surface area contributed by atoms with Crippen molar-refractivity contribution in [2.75, 3.05) is 6.61 Å². The van der Waals surface area contributed by atoms with E-state index in [-0.39, 0.29) is 16.2 Å². The highest BCUT2D eigenvalue weighted by atomic mass is 28.4. The second kappa shape index (κ2) is 4.72. The summed E-state index contributed by atoms with van der Waals surface area (Å²) in [5, 5.41) is 0.129. The van der Waals surface area contributed by atoms with Crippen LogP contribution in [0.15, 0.2) is 30.3 Å². The van der Waals surface area contributed by atoms with Gasteiger partial charge < -0.3 is 8.85 Å². The highest BCUT2D eigenvalue weighted by molar-refractivity contribution is 6.73. The van der Waals surface area contributed by atoms with Crippen molar-refractivity contribution in [2.45, 2.75) is 57.7 Å². The van der Waals surface area contributed by atoms with Crippen molar-refractivity contribution in [2.24, 2.45) is 0 Å². The van der Waals surface area contributed by atoms with Crippen LogP contribution < -0.4 is 0 Å². The summed E-state index contributed by atoms with van der Waals surface area (Å²) in [7, 11) is -2.28. The van der Waals surface area contributed by atoms with E-state index in [1.165, 1.54) is 5.56 Å². The molecule has 0 bridgehead atoms. The summed E-state index contributed by atoms with van der Waals surface area (Å²) in [6.07, 6.45) is 0.0892. The summed E-state index contributed by atoms with van der Waals surface area (Å²) >= 11 is 0. The minimum atomic E-state index is -2.28. The first kappa shape index (κ1) is 14.8. The van der Waals surface area contributed by atoms with Crippen molar-refractivity contribution in [3.05, 3.63) is 35.9 Å². The fourth-order valence-electron chi connectivity index (χ4n) is 3.20. The molecule has 1 aliphatic rings. The molecular formula is C16H26O2Si. The van der Waals surface area contributed by atoms with Gasteiger partial charge in [-0.2, -0.15) is 0 Å². The highest BCUT2D eigenvalue weighted by Crippen LogP contribution is 2.56. The molecular weight excluding hydrogens is 252 g/mol. The molecule has 1 aromatic rings. The zero-order chi connectivity index (χ0) is 14.3. The van der Waals surface area contributed by atoms with Gasteiger partial charge in [-0.1, -0.05) is 71.9 Å². The number of hydrogen-bond donors (Lipinski definition) is 0. The summed E-state index contributed by atoms with van der Waals surface area (Å²) in [6, 6.07) is 10.4. The van der Waals surface area contributed by atoms with Gasteiger partial charge in [0.05, 0.1) is 12.7 Å². The Morgan fingerprint density at radius 2 is 1.47 bits per heavy atom. The normalized spacial score (nSPS) is 23.6. The van der Waals surface area contributed by atoms with Crippen LogP contribution in [-0.4, -0.2) is 15.2 Å². The Hall–Kier alpha value is -0.643. The van der Waals surface area contributed by atoms with Gasteiger partial charge in [0.1, 0.15) is 0 Å². The van der Waals surface area contributed by atoms with E-state index >= 15 is 0 Å². The quantitative estimate of drug-likeness (QED) is 0.686. The Balaban J connectivity index is 2.32. The van der Waals surface area contributed by atoms with E-state index in [0.29, 0.717) is 6.61 Å². The second-order valence-corrected chi connectivity index (χ2v) is 12.2. The molecule has 106 valence electrons. The number of benzene rings is 1. The molecule has 0 aliphatic carbocycles. The standard InChI is InChI=1S/C16H26O2Si/c1-15(2,3)19(16(4,5)6)17-12-14(18-19)13-10-8-7-9-11-13/h7-11,14H,12H2,1-6H3/t14-/m1/s1. The maximum absolute atomic E-state index is 6.58. The predicted molar refractivity (Wildman–Crippen MR) is 81.4 cm³/mol. The lowest BCUT2D eigenvalue weighted by atomic mass is 10.1. The zero-order valence-electron chi connectivity index (χ0n) is 13.0. The molecule has 0 unspecified atom stereocenters. The van der Waals surface area contributed by atoms with E-state index in [1.54, 1.807) is 0 Å². The molecule has 0 radical (unpaired) electrons. The molecule has 1 aromatic carbocycles. The molecule has 19 heavy (non-hydrogen) atoms. The predicted octanol–water partition coefficient (Wildman–Crippen LogP) is 4.82. The van der Waals surface area contributed by atoms with Gasteiger partial charge in [-0.15, -0.1) is 0 Å². The molecule has 0 N–H and O–H groups in total. The highest BCUT2D eigenvalue weighted by Gasteiger charge is 2.62. The third-order valence-electron chi connectivity index (χ3n) is 3.89.